The zero-order valence-electron chi connectivity index (χ0n) is 10.5. The Kier molecular flexibility index (Phi) is 8.17. The molecule has 0 aromatic carbocycles. The van der Waals surface area contributed by atoms with Gasteiger partial charge < -0.3 is 0 Å². The van der Waals surface area contributed by atoms with Crippen molar-refractivity contribution < 1.29 is 23.2 Å². The number of phosphoric acid groups is 1. The van der Waals surface area contributed by atoms with Crippen LogP contribution in [0.2, 0.25) is 22.3 Å². The fraction of sp³-hybridized carbons (Fsp3) is 1.00. The predicted molar refractivity (Wildman–Crippen MR) is 66.4 cm³/mol. The van der Waals surface area contributed by atoms with Crippen molar-refractivity contribution in [2.24, 2.45) is 0 Å². The van der Waals surface area contributed by atoms with Crippen molar-refractivity contribution in [2.75, 3.05) is 26.4 Å². The maximum atomic E-state index is 11.3. The molecular formula is C9H23AsO5P+. The second-order valence-corrected chi connectivity index (χ2v) is 16.3. The molecule has 0 radical (unpaired) electrons. The maximum absolute atomic E-state index is 11.3. The Bertz CT molecular complexity index is 228. The van der Waals surface area contributed by atoms with E-state index in [1.165, 1.54) is 0 Å². The molecule has 0 spiro atoms. The molecular weight excluding hydrogens is 294 g/mol. The Hall–Kier alpha value is 0.628. The molecule has 0 rings (SSSR count). The molecule has 1 N–H and O–H groups in total. The van der Waals surface area contributed by atoms with Crippen LogP contribution in [0.3, 0.4) is 0 Å². The van der Waals surface area contributed by atoms with Crippen LogP contribution in [0.5, 0.6) is 0 Å². The van der Waals surface area contributed by atoms with Crippen LogP contribution in [-0.4, -0.2) is 44.9 Å². The normalized spacial score (nSPS) is 16.1. The molecule has 0 aliphatic carbocycles. The molecule has 16 heavy (non-hydrogen) atoms. The van der Waals surface area contributed by atoms with Gasteiger partial charge in [-0.05, 0) is 0 Å². The third-order valence-corrected chi connectivity index (χ3v) is 5.92. The van der Waals surface area contributed by atoms with Gasteiger partial charge in [-0.2, -0.15) is 0 Å². The van der Waals surface area contributed by atoms with Crippen molar-refractivity contribution in [1.29, 1.82) is 0 Å². The molecule has 0 aliphatic heterocycles. The first kappa shape index (κ1) is 16.6. The molecule has 0 fully saturated rings. The topological polar surface area (TPSA) is 65.0 Å². The van der Waals surface area contributed by atoms with E-state index < -0.39 is 21.4 Å². The SMILES string of the molecule is CCOCCOP(=O)(O)OCC[As+](C)(C)C. The van der Waals surface area contributed by atoms with Gasteiger partial charge in [-0.1, -0.05) is 0 Å². The monoisotopic (exact) mass is 317 g/mol. The summed E-state index contributed by atoms with van der Waals surface area (Å²) in [7, 11) is -3.87. The zero-order valence-corrected chi connectivity index (χ0v) is 13.3. The first-order chi connectivity index (χ1) is 7.27. The summed E-state index contributed by atoms with van der Waals surface area (Å²) in [5, 5.41) is 0.873. The molecule has 0 aromatic heterocycles. The number of hydrogen-bond acceptors (Lipinski definition) is 4. The van der Waals surface area contributed by atoms with Crippen molar-refractivity contribution >= 4 is 21.4 Å². The van der Waals surface area contributed by atoms with E-state index in [0.29, 0.717) is 19.8 Å². The molecule has 7 heteroatoms. The van der Waals surface area contributed by atoms with Crippen molar-refractivity contribution in [2.45, 2.75) is 29.3 Å². The summed E-state index contributed by atoms with van der Waals surface area (Å²) in [5.41, 5.74) is 6.62. The molecule has 0 heterocycles. The van der Waals surface area contributed by atoms with E-state index in [9.17, 15) is 9.46 Å². The van der Waals surface area contributed by atoms with Crippen molar-refractivity contribution in [3.8, 4) is 0 Å². The third kappa shape index (κ3) is 11.1. The van der Waals surface area contributed by atoms with Crippen LogP contribution >= 0.6 is 7.82 Å². The summed E-state index contributed by atoms with van der Waals surface area (Å²) in [4.78, 5) is 9.29. The second-order valence-electron chi connectivity index (χ2n) is 4.35. The summed E-state index contributed by atoms with van der Waals surface area (Å²) in [6, 6.07) is 0. The minimum absolute atomic E-state index is 0.0806. The molecule has 5 nitrogen and oxygen atoms in total. The van der Waals surface area contributed by atoms with Gasteiger partial charge in [-0.15, -0.1) is 0 Å². The Morgan fingerprint density at radius 2 is 1.69 bits per heavy atom. The van der Waals surface area contributed by atoms with Gasteiger partial charge in [0.25, 0.3) is 0 Å². The molecule has 0 aromatic rings. The van der Waals surface area contributed by atoms with Crippen molar-refractivity contribution in [3.63, 3.8) is 0 Å². The van der Waals surface area contributed by atoms with E-state index in [0.717, 1.165) is 5.21 Å². The van der Waals surface area contributed by atoms with Gasteiger partial charge in [0.05, 0.1) is 0 Å². The van der Waals surface area contributed by atoms with Gasteiger partial charge in [0.2, 0.25) is 0 Å². The minimum atomic E-state index is -3.87. The average Bonchev–Trinajstić information content (AvgIpc) is 2.10. The number of phosphoric ester groups is 1. The summed E-state index contributed by atoms with van der Waals surface area (Å²) in [5.74, 6) is 0. The van der Waals surface area contributed by atoms with Crippen LogP contribution in [0, 0.1) is 0 Å². The molecule has 98 valence electrons. The van der Waals surface area contributed by atoms with Gasteiger partial charge in [0, 0.05) is 0 Å². The van der Waals surface area contributed by atoms with Crippen LogP contribution in [0.25, 0.3) is 0 Å². The van der Waals surface area contributed by atoms with E-state index in [1.54, 1.807) is 0 Å². The molecule has 0 bridgehead atoms. The van der Waals surface area contributed by atoms with Crippen LogP contribution < -0.4 is 0 Å². The molecule has 1 unspecified atom stereocenters. The Morgan fingerprint density at radius 3 is 2.19 bits per heavy atom. The Balaban J connectivity index is 3.66. The second kappa shape index (κ2) is 7.86. The van der Waals surface area contributed by atoms with Gasteiger partial charge in [0.1, 0.15) is 0 Å². The van der Waals surface area contributed by atoms with Crippen molar-refractivity contribution in [3.05, 3.63) is 0 Å². The predicted octanol–water partition coefficient (Wildman–Crippen LogP) is 2.49. The van der Waals surface area contributed by atoms with Crippen LogP contribution in [0.4, 0.5) is 0 Å². The molecule has 0 saturated carbocycles. The average molecular weight is 317 g/mol. The molecule has 0 amide bonds. The van der Waals surface area contributed by atoms with Crippen LogP contribution in [0.1, 0.15) is 6.92 Å². The zero-order chi connectivity index (χ0) is 12.7. The summed E-state index contributed by atoms with van der Waals surface area (Å²) in [6.07, 6.45) is 0. The standard InChI is InChI=1S/C9H22AsO5P/c1-5-13-8-9-15-16(11,12)14-7-6-10(2,3)4/h5-9H2,1-4H3/p+1. The third-order valence-electron chi connectivity index (χ3n) is 1.70. The van der Waals surface area contributed by atoms with E-state index in [4.69, 9.17) is 13.8 Å². The Labute approximate surface area is 101 Å². The molecule has 0 aliphatic rings. The van der Waals surface area contributed by atoms with E-state index in [1.807, 2.05) is 6.92 Å². The van der Waals surface area contributed by atoms with E-state index in [-0.39, 0.29) is 6.61 Å². The fourth-order valence-electron chi connectivity index (χ4n) is 0.823. The van der Waals surface area contributed by atoms with Gasteiger partial charge in [-0.25, -0.2) is 0 Å². The molecule has 1 atom stereocenters. The fourth-order valence-corrected chi connectivity index (χ4v) is 3.18. The first-order valence-corrected chi connectivity index (χ1v) is 13.7. The Morgan fingerprint density at radius 1 is 1.12 bits per heavy atom. The van der Waals surface area contributed by atoms with E-state index in [2.05, 4.69) is 17.1 Å². The van der Waals surface area contributed by atoms with Gasteiger partial charge in [0.15, 0.2) is 0 Å². The van der Waals surface area contributed by atoms with Crippen LogP contribution in [0.15, 0.2) is 0 Å². The van der Waals surface area contributed by atoms with Crippen molar-refractivity contribution in [1.82, 2.24) is 0 Å². The summed E-state index contributed by atoms with van der Waals surface area (Å²) >= 11 is -1.55. The van der Waals surface area contributed by atoms with Gasteiger partial charge >= 0.3 is 100 Å². The number of rotatable bonds is 9. The number of hydrogen-bond donors (Lipinski definition) is 1. The van der Waals surface area contributed by atoms with Gasteiger partial charge in [-0.3, -0.25) is 0 Å². The summed E-state index contributed by atoms with van der Waals surface area (Å²) < 4.78 is 25.9. The quantitative estimate of drug-likeness (QED) is 0.402. The first-order valence-electron chi connectivity index (χ1n) is 5.27. The number of ether oxygens (including phenoxy) is 1. The molecule has 0 saturated heterocycles. The van der Waals surface area contributed by atoms with Crippen LogP contribution in [-0.2, 0) is 18.3 Å². The van der Waals surface area contributed by atoms with E-state index >= 15 is 0 Å². The summed E-state index contributed by atoms with van der Waals surface area (Å²) in [6.45, 7) is 3.09.